The van der Waals surface area contributed by atoms with Gasteiger partial charge < -0.3 is 20.4 Å². The van der Waals surface area contributed by atoms with E-state index in [9.17, 15) is 4.79 Å². The first kappa shape index (κ1) is 14.1. The molecule has 0 saturated carbocycles. The van der Waals surface area contributed by atoms with Gasteiger partial charge in [0, 0.05) is 12.1 Å². The van der Waals surface area contributed by atoms with Crippen LogP contribution in [0.3, 0.4) is 0 Å². The molecule has 2 aliphatic heterocycles. The number of nitrogens with zero attached hydrogens (tertiary/aromatic N) is 2. The van der Waals surface area contributed by atoms with Crippen molar-refractivity contribution in [3.8, 4) is 5.75 Å². The summed E-state index contributed by atoms with van der Waals surface area (Å²) in [5, 5.41) is 0. The molecule has 0 fully saturated rings. The van der Waals surface area contributed by atoms with Crippen LogP contribution in [0.4, 0.5) is 5.69 Å². The van der Waals surface area contributed by atoms with Crippen LogP contribution < -0.4 is 15.4 Å². The normalized spacial score (nSPS) is 18.8. The number of para-hydroxylation sites is 2. The van der Waals surface area contributed by atoms with E-state index in [0.29, 0.717) is 23.6 Å². The number of rotatable bonds is 2. The number of nitrogens with one attached hydrogen (secondary N) is 1. The largest absolute Gasteiger partial charge is 0.497 e. The maximum atomic E-state index is 13.0. The summed E-state index contributed by atoms with van der Waals surface area (Å²) in [7, 11) is 1.64. The number of aromatic nitrogens is 2. The monoisotopic (exact) mass is 332 g/mol. The van der Waals surface area contributed by atoms with Crippen molar-refractivity contribution in [2.75, 3.05) is 12.0 Å². The standard InChI is InChI=1S/C19H16N4O2/c1-25-11-6-7-14-10(8-11)9-15-17(24)16(18(20)23(14)15)19-21-12-4-2-3-5-13(12)22-19/h2-8,15H,9,20H2,1H3,(H,21,22). The zero-order chi connectivity index (χ0) is 17.1. The first-order valence-corrected chi connectivity index (χ1v) is 8.12. The summed E-state index contributed by atoms with van der Waals surface area (Å²) in [4.78, 5) is 22.7. The fourth-order valence-electron chi connectivity index (χ4n) is 3.78. The third-order valence-corrected chi connectivity index (χ3v) is 4.96. The number of Topliss-reactive ketones (excluding diaryl/α,β-unsaturated/α-hetero) is 1. The molecule has 1 aromatic heterocycles. The predicted molar refractivity (Wildman–Crippen MR) is 95.2 cm³/mol. The molecule has 3 N–H and O–H groups in total. The van der Waals surface area contributed by atoms with Gasteiger partial charge in [-0.3, -0.25) is 4.79 Å². The average Bonchev–Trinajstić information content (AvgIpc) is 3.27. The molecule has 1 unspecified atom stereocenters. The van der Waals surface area contributed by atoms with E-state index in [4.69, 9.17) is 10.5 Å². The highest BCUT2D eigenvalue weighted by molar-refractivity contribution is 6.28. The van der Waals surface area contributed by atoms with Gasteiger partial charge in [0.1, 0.15) is 29.0 Å². The number of ether oxygens (including phenoxy) is 1. The smallest absolute Gasteiger partial charge is 0.193 e. The topological polar surface area (TPSA) is 84.2 Å². The van der Waals surface area contributed by atoms with Crippen molar-refractivity contribution in [3.63, 3.8) is 0 Å². The summed E-state index contributed by atoms with van der Waals surface area (Å²) in [6.45, 7) is 0. The van der Waals surface area contributed by atoms with Gasteiger partial charge >= 0.3 is 0 Å². The fourth-order valence-corrected chi connectivity index (χ4v) is 3.78. The molecule has 1 atom stereocenters. The Morgan fingerprint density at radius 3 is 2.92 bits per heavy atom. The Morgan fingerprint density at radius 2 is 2.12 bits per heavy atom. The minimum Gasteiger partial charge on any atom is -0.497 e. The Morgan fingerprint density at radius 1 is 1.28 bits per heavy atom. The van der Waals surface area contributed by atoms with Crippen LogP contribution in [0.5, 0.6) is 5.75 Å². The SMILES string of the molecule is COc1ccc2c(c1)CC1C(=O)C(c3nc4ccccc4[nH]3)=C(N)N21. The van der Waals surface area contributed by atoms with Gasteiger partial charge in [0.15, 0.2) is 5.78 Å². The second-order valence-corrected chi connectivity index (χ2v) is 6.31. The van der Waals surface area contributed by atoms with Crippen LogP contribution >= 0.6 is 0 Å². The summed E-state index contributed by atoms with van der Waals surface area (Å²) in [6, 6.07) is 13.2. The molecule has 3 aromatic rings. The number of hydrogen-bond acceptors (Lipinski definition) is 5. The van der Waals surface area contributed by atoms with Gasteiger partial charge in [-0.25, -0.2) is 4.98 Å². The lowest BCUT2D eigenvalue weighted by atomic mass is 10.0. The van der Waals surface area contributed by atoms with Crippen molar-refractivity contribution in [1.29, 1.82) is 0 Å². The Balaban J connectivity index is 1.64. The number of carbonyl (C=O) groups excluding carboxylic acids is 1. The molecule has 6 nitrogen and oxygen atoms in total. The number of ketones is 1. The average molecular weight is 332 g/mol. The quantitative estimate of drug-likeness (QED) is 0.752. The molecule has 2 aliphatic rings. The van der Waals surface area contributed by atoms with Crippen molar-refractivity contribution in [2.24, 2.45) is 5.73 Å². The highest BCUT2D eigenvalue weighted by Crippen LogP contribution is 2.43. The number of carbonyl (C=O) groups is 1. The summed E-state index contributed by atoms with van der Waals surface area (Å²) in [5.41, 5.74) is 10.6. The third-order valence-electron chi connectivity index (χ3n) is 4.96. The molecule has 0 radical (unpaired) electrons. The van der Waals surface area contributed by atoms with E-state index < -0.39 is 0 Å². The Labute approximate surface area is 143 Å². The summed E-state index contributed by atoms with van der Waals surface area (Å²) in [6.07, 6.45) is 0.621. The highest BCUT2D eigenvalue weighted by atomic mass is 16.5. The number of hydrogen-bond donors (Lipinski definition) is 2. The van der Waals surface area contributed by atoms with Gasteiger partial charge in [0.25, 0.3) is 0 Å². The molecule has 0 spiro atoms. The molecular weight excluding hydrogens is 316 g/mol. The molecule has 2 aromatic carbocycles. The van der Waals surface area contributed by atoms with Crippen LogP contribution in [0.2, 0.25) is 0 Å². The van der Waals surface area contributed by atoms with Gasteiger partial charge in [0.05, 0.1) is 18.1 Å². The van der Waals surface area contributed by atoms with Crippen LogP contribution in [-0.2, 0) is 11.2 Å². The lowest BCUT2D eigenvalue weighted by Crippen LogP contribution is -2.32. The van der Waals surface area contributed by atoms with Crippen molar-refractivity contribution in [3.05, 3.63) is 59.7 Å². The number of methoxy groups -OCH3 is 1. The molecular formula is C19H16N4O2. The Hall–Kier alpha value is -3.28. The maximum absolute atomic E-state index is 13.0. The fraction of sp³-hybridized carbons (Fsp3) is 0.158. The van der Waals surface area contributed by atoms with E-state index in [2.05, 4.69) is 9.97 Å². The van der Waals surface area contributed by atoms with E-state index in [-0.39, 0.29) is 11.8 Å². The molecule has 0 bridgehead atoms. The van der Waals surface area contributed by atoms with Gasteiger partial charge in [0.2, 0.25) is 0 Å². The Bertz CT molecular complexity index is 1030. The van der Waals surface area contributed by atoms with Crippen LogP contribution in [0.25, 0.3) is 16.6 Å². The van der Waals surface area contributed by atoms with E-state index >= 15 is 0 Å². The molecule has 124 valence electrons. The molecule has 3 heterocycles. The van der Waals surface area contributed by atoms with Crippen LogP contribution in [0.1, 0.15) is 11.4 Å². The summed E-state index contributed by atoms with van der Waals surface area (Å²) in [5.74, 6) is 1.78. The summed E-state index contributed by atoms with van der Waals surface area (Å²) >= 11 is 0. The van der Waals surface area contributed by atoms with Crippen LogP contribution in [-0.4, -0.2) is 28.9 Å². The zero-order valence-corrected chi connectivity index (χ0v) is 13.6. The second-order valence-electron chi connectivity index (χ2n) is 6.31. The molecule has 0 aliphatic carbocycles. The molecule has 6 heteroatoms. The molecule has 0 amide bonds. The van der Waals surface area contributed by atoms with Crippen molar-refractivity contribution < 1.29 is 9.53 Å². The first-order chi connectivity index (χ1) is 12.2. The van der Waals surface area contributed by atoms with Crippen LogP contribution in [0, 0.1) is 0 Å². The number of nitrogens with two attached hydrogens (primary N) is 1. The second kappa shape index (κ2) is 4.86. The minimum absolute atomic E-state index is 0.00622. The Kier molecular flexibility index (Phi) is 2.74. The molecule has 5 rings (SSSR count). The minimum atomic E-state index is -0.301. The molecule has 0 saturated heterocycles. The number of benzene rings is 2. The van der Waals surface area contributed by atoms with E-state index in [1.165, 1.54) is 0 Å². The van der Waals surface area contributed by atoms with Gasteiger partial charge in [-0.2, -0.15) is 0 Å². The maximum Gasteiger partial charge on any atom is 0.193 e. The summed E-state index contributed by atoms with van der Waals surface area (Å²) < 4.78 is 5.28. The van der Waals surface area contributed by atoms with Crippen LogP contribution in [0.15, 0.2) is 48.3 Å². The number of fused-ring (bicyclic) bond motifs is 4. The number of imidazole rings is 1. The third kappa shape index (κ3) is 1.85. The number of anilines is 1. The highest BCUT2D eigenvalue weighted by Gasteiger charge is 2.45. The van der Waals surface area contributed by atoms with E-state index in [1.807, 2.05) is 47.4 Å². The van der Waals surface area contributed by atoms with Crippen molar-refractivity contribution in [2.45, 2.75) is 12.5 Å². The van der Waals surface area contributed by atoms with E-state index in [1.54, 1.807) is 7.11 Å². The van der Waals surface area contributed by atoms with E-state index in [0.717, 1.165) is 28.0 Å². The van der Waals surface area contributed by atoms with Gasteiger partial charge in [-0.15, -0.1) is 0 Å². The van der Waals surface area contributed by atoms with Gasteiger partial charge in [-0.1, -0.05) is 12.1 Å². The predicted octanol–water partition coefficient (Wildman–Crippen LogP) is 2.21. The number of aromatic amines is 1. The van der Waals surface area contributed by atoms with Gasteiger partial charge in [-0.05, 0) is 35.9 Å². The lowest BCUT2D eigenvalue weighted by molar-refractivity contribution is -0.114. The van der Waals surface area contributed by atoms with Crippen molar-refractivity contribution >= 4 is 28.1 Å². The number of H-pyrrole nitrogens is 1. The molecule has 25 heavy (non-hydrogen) atoms. The zero-order valence-electron chi connectivity index (χ0n) is 13.6. The first-order valence-electron chi connectivity index (χ1n) is 8.12. The van der Waals surface area contributed by atoms with Crippen molar-refractivity contribution in [1.82, 2.24) is 9.97 Å². The lowest BCUT2D eigenvalue weighted by Gasteiger charge is -2.19.